The molecule has 1 aromatic carbocycles. The summed E-state index contributed by atoms with van der Waals surface area (Å²) in [5, 5.41) is 0. The van der Waals surface area contributed by atoms with Crippen LogP contribution in [0, 0.1) is 0 Å². The normalized spacial score (nSPS) is 12.8. The van der Waals surface area contributed by atoms with E-state index in [1.807, 2.05) is 0 Å². The lowest BCUT2D eigenvalue weighted by atomic mass is 10.1. The topological polar surface area (TPSA) is 46.2 Å². The maximum Gasteiger partial charge on any atom is 0.416 e. The predicted octanol–water partition coefficient (Wildman–Crippen LogP) is 1.75. The summed E-state index contributed by atoms with van der Waals surface area (Å²) in [5.74, 6) is 0. The summed E-state index contributed by atoms with van der Waals surface area (Å²) in [7, 11) is -3.40. The lowest BCUT2D eigenvalue weighted by Gasteiger charge is -2.08. The first-order chi connectivity index (χ1) is 7.18. The van der Waals surface area contributed by atoms with Crippen LogP contribution < -0.4 is 4.72 Å². The first-order valence-corrected chi connectivity index (χ1v) is 6.18. The van der Waals surface area contributed by atoms with Gasteiger partial charge in [-0.15, -0.1) is 0 Å². The molecule has 0 amide bonds. The number of rotatable bonds is 3. The number of hydrogen-bond donors (Lipinski definition) is 1. The maximum atomic E-state index is 12.3. The molecular formula is C9H10F3NO2S. The van der Waals surface area contributed by atoms with Crippen LogP contribution in [0.1, 0.15) is 11.1 Å². The number of sulfonamides is 1. The van der Waals surface area contributed by atoms with Crippen molar-refractivity contribution in [3.63, 3.8) is 0 Å². The minimum absolute atomic E-state index is 0.150. The molecule has 0 radical (unpaired) electrons. The minimum Gasteiger partial charge on any atom is -0.213 e. The van der Waals surface area contributed by atoms with E-state index < -0.39 is 21.8 Å². The van der Waals surface area contributed by atoms with Crippen LogP contribution in [0.4, 0.5) is 13.2 Å². The molecule has 0 aliphatic rings. The van der Waals surface area contributed by atoms with Crippen LogP contribution >= 0.6 is 0 Å². The number of benzene rings is 1. The van der Waals surface area contributed by atoms with Crippen LogP contribution in [0.3, 0.4) is 0 Å². The Morgan fingerprint density at radius 2 is 1.94 bits per heavy atom. The standard InChI is InChI=1S/C9H10F3NO2S/c1-16(14,15)13-6-7-3-2-4-8(5-7)9(10,11)12/h2-5,13H,6H2,1H3. The molecule has 0 atom stereocenters. The van der Waals surface area contributed by atoms with Crippen molar-refractivity contribution in [3.05, 3.63) is 35.4 Å². The highest BCUT2D eigenvalue weighted by Gasteiger charge is 2.30. The van der Waals surface area contributed by atoms with E-state index in [0.29, 0.717) is 0 Å². The third-order valence-electron chi connectivity index (χ3n) is 1.79. The molecule has 0 heterocycles. The number of halogens is 3. The highest BCUT2D eigenvalue weighted by Crippen LogP contribution is 2.29. The van der Waals surface area contributed by atoms with Gasteiger partial charge in [0, 0.05) is 6.54 Å². The van der Waals surface area contributed by atoms with Crippen LogP contribution in [0.25, 0.3) is 0 Å². The van der Waals surface area contributed by atoms with Crippen LogP contribution in [-0.2, 0) is 22.7 Å². The Bertz CT molecular complexity index is 468. The maximum absolute atomic E-state index is 12.3. The van der Waals surface area contributed by atoms with Gasteiger partial charge in [0.25, 0.3) is 0 Å². The fourth-order valence-electron chi connectivity index (χ4n) is 1.07. The average molecular weight is 253 g/mol. The summed E-state index contributed by atoms with van der Waals surface area (Å²) < 4.78 is 60.5. The van der Waals surface area contributed by atoms with Crippen LogP contribution in [0.5, 0.6) is 0 Å². The fraction of sp³-hybridized carbons (Fsp3) is 0.333. The number of alkyl halides is 3. The van der Waals surface area contributed by atoms with Gasteiger partial charge in [0.15, 0.2) is 0 Å². The van der Waals surface area contributed by atoms with Crippen LogP contribution in [-0.4, -0.2) is 14.7 Å². The van der Waals surface area contributed by atoms with Gasteiger partial charge in [-0.25, -0.2) is 13.1 Å². The Kier molecular flexibility index (Phi) is 3.59. The molecule has 0 aliphatic heterocycles. The first kappa shape index (κ1) is 13.0. The second-order valence-corrected chi connectivity index (χ2v) is 5.12. The van der Waals surface area contributed by atoms with Gasteiger partial charge in [-0.2, -0.15) is 13.2 Å². The van der Waals surface area contributed by atoms with Gasteiger partial charge in [-0.3, -0.25) is 0 Å². The Balaban J connectivity index is 2.84. The van der Waals surface area contributed by atoms with Crippen molar-refractivity contribution >= 4 is 10.0 Å². The quantitative estimate of drug-likeness (QED) is 0.892. The molecule has 0 saturated heterocycles. The Hall–Kier alpha value is -1.08. The summed E-state index contributed by atoms with van der Waals surface area (Å²) in [4.78, 5) is 0. The minimum atomic E-state index is -4.42. The third-order valence-corrected chi connectivity index (χ3v) is 2.46. The molecule has 3 nitrogen and oxygen atoms in total. The average Bonchev–Trinajstić information content (AvgIpc) is 2.13. The number of hydrogen-bond acceptors (Lipinski definition) is 2. The summed E-state index contributed by atoms with van der Waals surface area (Å²) in [5.41, 5.74) is -0.527. The molecule has 1 rings (SSSR count). The van der Waals surface area contributed by atoms with Crippen LogP contribution in [0.15, 0.2) is 24.3 Å². The first-order valence-electron chi connectivity index (χ1n) is 4.29. The molecule has 1 N–H and O–H groups in total. The zero-order valence-electron chi connectivity index (χ0n) is 8.38. The van der Waals surface area contributed by atoms with E-state index in [4.69, 9.17) is 0 Å². The van der Waals surface area contributed by atoms with Crippen molar-refractivity contribution in [2.24, 2.45) is 0 Å². The molecule has 90 valence electrons. The molecule has 0 aliphatic carbocycles. The van der Waals surface area contributed by atoms with Crippen molar-refractivity contribution in [1.82, 2.24) is 4.72 Å². The van der Waals surface area contributed by atoms with Crippen molar-refractivity contribution in [3.8, 4) is 0 Å². The largest absolute Gasteiger partial charge is 0.416 e. The Labute approximate surface area is 91.3 Å². The van der Waals surface area contributed by atoms with Gasteiger partial charge >= 0.3 is 6.18 Å². The highest BCUT2D eigenvalue weighted by atomic mass is 32.2. The predicted molar refractivity (Wildman–Crippen MR) is 53.1 cm³/mol. The SMILES string of the molecule is CS(=O)(=O)NCc1cccc(C(F)(F)F)c1. The Morgan fingerprint density at radius 3 is 2.44 bits per heavy atom. The molecule has 0 fully saturated rings. The monoisotopic (exact) mass is 253 g/mol. The molecule has 0 saturated carbocycles. The van der Waals surface area contributed by atoms with Gasteiger partial charge in [0.1, 0.15) is 0 Å². The van der Waals surface area contributed by atoms with Crippen molar-refractivity contribution in [1.29, 1.82) is 0 Å². The molecule has 0 spiro atoms. The van der Waals surface area contributed by atoms with Gasteiger partial charge in [-0.1, -0.05) is 18.2 Å². The van der Waals surface area contributed by atoms with E-state index in [-0.39, 0.29) is 12.1 Å². The summed E-state index contributed by atoms with van der Waals surface area (Å²) >= 11 is 0. The van der Waals surface area contributed by atoms with Gasteiger partial charge in [-0.05, 0) is 11.6 Å². The summed E-state index contributed by atoms with van der Waals surface area (Å²) in [6, 6.07) is 4.51. The van der Waals surface area contributed by atoms with E-state index >= 15 is 0 Å². The second-order valence-electron chi connectivity index (χ2n) is 3.29. The van der Waals surface area contributed by atoms with Gasteiger partial charge < -0.3 is 0 Å². The summed E-state index contributed by atoms with van der Waals surface area (Å²) in [6.45, 7) is -0.150. The van der Waals surface area contributed by atoms with Crippen molar-refractivity contribution in [2.45, 2.75) is 12.7 Å². The zero-order chi connectivity index (χ0) is 12.4. The molecule has 7 heteroatoms. The lowest BCUT2D eigenvalue weighted by Crippen LogP contribution is -2.21. The molecule has 0 bridgehead atoms. The molecule has 0 unspecified atom stereocenters. The Morgan fingerprint density at radius 1 is 1.31 bits per heavy atom. The van der Waals surface area contributed by atoms with Gasteiger partial charge in [0.05, 0.1) is 11.8 Å². The van der Waals surface area contributed by atoms with Gasteiger partial charge in [0.2, 0.25) is 10.0 Å². The third kappa shape index (κ3) is 4.19. The lowest BCUT2D eigenvalue weighted by molar-refractivity contribution is -0.137. The summed E-state index contributed by atoms with van der Waals surface area (Å²) in [6.07, 6.45) is -3.47. The van der Waals surface area contributed by atoms with E-state index in [1.165, 1.54) is 12.1 Å². The van der Waals surface area contributed by atoms with E-state index in [0.717, 1.165) is 18.4 Å². The second kappa shape index (κ2) is 4.42. The smallest absolute Gasteiger partial charge is 0.213 e. The molecule has 0 aromatic heterocycles. The number of nitrogens with one attached hydrogen (secondary N) is 1. The van der Waals surface area contributed by atoms with E-state index in [2.05, 4.69) is 4.72 Å². The molecular weight excluding hydrogens is 243 g/mol. The van der Waals surface area contributed by atoms with E-state index in [9.17, 15) is 21.6 Å². The highest BCUT2D eigenvalue weighted by molar-refractivity contribution is 7.88. The molecule has 16 heavy (non-hydrogen) atoms. The van der Waals surface area contributed by atoms with Crippen molar-refractivity contribution in [2.75, 3.05) is 6.26 Å². The van der Waals surface area contributed by atoms with Crippen LogP contribution in [0.2, 0.25) is 0 Å². The zero-order valence-corrected chi connectivity index (χ0v) is 9.19. The van der Waals surface area contributed by atoms with E-state index in [1.54, 1.807) is 0 Å². The van der Waals surface area contributed by atoms with Crippen molar-refractivity contribution < 1.29 is 21.6 Å². The molecule has 1 aromatic rings. The fourth-order valence-corrected chi connectivity index (χ4v) is 1.50.